The number of anilines is 1. The fraction of sp³-hybridized carbons (Fsp3) is 0.690. The Hall–Kier alpha value is -2.03. The van der Waals surface area contributed by atoms with Crippen molar-refractivity contribution in [3.63, 3.8) is 0 Å². The van der Waals surface area contributed by atoms with Crippen LogP contribution in [0, 0.1) is 11.8 Å². The Kier molecular flexibility index (Phi) is 8.47. The summed E-state index contributed by atoms with van der Waals surface area (Å²) >= 11 is 1.70. The van der Waals surface area contributed by atoms with Crippen molar-refractivity contribution < 1.29 is 14.4 Å². The highest BCUT2D eigenvalue weighted by Gasteiger charge is 2.42. The largest absolute Gasteiger partial charge is 0.378 e. The predicted octanol–water partition coefficient (Wildman–Crippen LogP) is 6.06. The van der Waals surface area contributed by atoms with Crippen molar-refractivity contribution in [2.75, 3.05) is 39.3 Å². The molecule has 5 rings (SSSR count). The molecule has 0 spiro atoms. The van der Waals surface area contributed by atoms with Crippen LogP contribution in [0.5, 0.6) is 0 Å². The second kappa shape index (κ2) is 11.8. The normalized spacial score (nSPS) is 24.7. The number of hydroxylamine groups is 2. The summed E-state index contributed by atoms with van der Waals surface area (Å²) in [6.45, 7) is 2.11. The third-order valence-electron chi connectivity index (χ3n) is 9.30. The van der Waals surface area contributed by atoms with Crippen molar-refractivity contribution >= 4 is 22.9 Å². The molecule has 0 N–H and O–H groups in total. The molecule has 3 fully saturated rings. The molecular weight excluding hydrogens is 484 g/mol. The van der Waals surface area contributed by atoms with Crippen LogP contribution in [0.25, 0.3) is 10.6 Å². The third kappa shape index (κ3) is 5.71. The number of methoxy groups -OCH3 is 1. The number of aromatic nitrogens is 2. The first-order chi connectivity index (χ1) is 18.0. The van der Waals surface area contributed by atoms with Crippen LogP contribution >= 0.6 is 11.3 Å². The summed E-state index contributed by atoms with van der Waals surface area (Å²) in [5, 5.41) is 12.5. The number of ether oxygens (including phenoxy) is 1. The molecule has 0 bridgehead atoms. The van der Waals surface area contributed by atoms with Gasteiger partial charge in [0, 0.05) is 50.3 Å². The first-order valence-electron chi connectivity index (χ1n) is 14.1. The SMILES string of the molecule is CON(C)C(=O)C1CCC(c2nnc(-c3ccc(N4CCC(OC)(C5CCCCC5)CC4)cc3)s2)CC1. The number of benzene rings is 1. The number of carbonyl (C=O) groups is 1. The molecule has 1 aromatic heterocycles. The quantitative estimate of drug-likeness (QED) is 0.408. The number of rotatable bonds is 7. The van der Waals surface area contributed by atoms with E-state index in [0.717, 1.165) is 73.1 Å². The molecule has 8 heteroatoms. The molecule has 1 amide bonds. The van der Waals surface area contributed by atoms with Gasteiger partial charge in [0.15, 0.2) is 0 Å². The van der Waals surface area contributed by atoms with Crippen LogP contribution < -0.4 is 4.90 Å². The molecule has 2 aromatic rings. The maximum Gasteiger partial charge on any atom is 0.248 e. The number of nitrogens with zero attached hydrogens (tertiary/aromatic N) is 4. The van der Waals surface area contributed by atoms with E-state index in [1.54, 1.807) is 18.4 Å². The molecule has 2 heterocycles. The lowest BCUT2D eigenvalue weighted by Crippen LogP contribution is -2.50. The molecule has 0 unspecified atom stereocenters. The summed E-state index contributed by atoms with van der Waals surface area (Å²) < 4.78 is 6.20. The number of hydrogen-bond acceptors (Lipinski definition) is 7. The van der Waals surface area contributed by atoms with E-state index in [4.69, 9.17) is 9.57 Å². The van der Waals surface area contributed by atoms with Crippen molar-refractivity contribution in [3.05, 3.63) is 29.3 Å². The lowest BCUT2D eigenvalue weighted by atomic mass is 9.72. The standard InChI is InChI=1S/C29H42N4O3S/c1-32(36-3)28(34)23-11-9-21(10-12-23)26-30-31-27(37-26)22-13-15-25(16-14-22)33-19-17-29(35-2,18-20-33)24-7-5-4-6-8-24/h13-16,21,23-24H,4-12,17-20H2,1-3H3. The Labute approximate surface area is 225 Å². The monoisotopic (exact) mass is 526 g/mol. The van der Waals surface area contributed by atoms with Crippen LogP contribution in [0.3, 0.4) is 0 Å². The maximum absolute atomic E-state index is 12.4. The summed E-state index contributed by atoms with van der Waals surface area (Å²) in [4.78, 5) is 20.0. The number of amides is 1. The van der Waals surface area contributed by atoms with E-state index < -0.39 is 0 Å². The van der Waals surface area contributed by atoms with Crippen LogP contribution in [-0.4, -0.2) is 61.1 Å². The molecule has 3 aliphatic rings. The minimum Gasteiger partial charge on any atom is -0.378 e. The van der Waals surface area contributed by atoms with Gasteiger partial charge in [-0.05, 0) is 81.5 Å². The lowest BCUT2D eigenvalue weighted by molar-refractivity contribution is -0.174. The van der Waals surface area contributed by atoms with Crippen LogP contribution in [0.1, 0.15) is 81.6 Å². The predicted molar refractivity (Wildman–Crippen MR) is 148 cm³/mol. The fourth-order valence-corrected chi connectivity index (χ4v) is 7.83. The average molecular weight is 527 g/mol. The minimum atomic E-state index is 0.0487. The zero-order chi connectivity index (χ0) is 25.8. The van der Waals surface area contributed by atoms with Crippen molar-refractivity contribution in [2.24, 2.45) is 11.8 Å². The van der Waals surface area contributed by atoms with E-state index in [1.807, 2.05) is 7.11 Å². The van der Waals surface area contributed by atoms with Crippen LogP contribution in [0.15, 0.2) is 24.3 Å². The highest BCUT2D eigenvalue weighted by atomic mass is 32.1. The van der Waals surface area contributed by atoms with Crippen LogP contribution in [-0.2, 0) is 14.4 Å². The average Bonchev–Trinajstić information content (AvgIpc) is 3.47. The smallest absolute Gasteiger partial charge is 0.248 e. The van der Waals surface area contributed by atoms with Gasteiger partial charge in [-0.15, -0.1) is 10.2 Å². The Morgan fingerprint density at radius 1 is 0.973 bits per heavy atom. The number of piperidine rings is 1. The molecule has 2 aliphatic carbocycles. The molecule has 202 valence electrons. The van der Waals surface area contributed by atoms with Gasteiger partial charge < -0.3 is 9.64 Å². The van der Waals surface area contributed by atoms with Crippen molar-refractivity contribution in [1.29, 1.82) is 0 Å². The Morgan fingerprint density at radius 2 is 1.65 bits per heavy atom. The summed E-state index contributed by atoms with van der Waals surface area (Å²) in [6.07, 6.45) is 12.7. The van der Waals surface area contributed by atoms with Gasteiger partial charge in [-0.2, -0.15) is 0 Å². The second-order valence-corrected chi connectivity index (χ2v) is 12.2. The highest BCUT2D eigenvalue weighted by molar-refractivity contribution is 7.14. The van der Waals surface area contributed by atoms with E-state index in [0.29, 0.717) is 5.92 Å². The van der Waals surface area contributed by atoms with Crippen LogP contribution in [0.4, 0.5) is 5.69 Å². The summed E-state index contributed by atoms with van der Waals surface area (Å²) in [6, 6.07) is 8.85. The Bertz CT molecular complexity index is 1020. The van der Waals surface area contributed by atoms with Crippen molar-refractivity contribution in [3.8, 4) is 10.6 Å². The van der Waals surface area contributed by atoms with Crippen molar-refractivity contribution in [2.45, 2.75) is 82.1 Å². The third-order valence-corrected chi connectivity index (χ3v) is 10.4. The van der Waals surface area contributed by atoms with E-state index in [9.17, 15) is 4.79 Å². The Balaban J connectivity index is 1.16. The van der Waals surface area contributed by atoms with E-state index in [1.165, 1.54) is 50.0 Å². The summed E-state index contributed by atoms with van der Waals surface area (Å²) in [5.41, 5.74) is 2.49. The minimum absolute atomic E-state index is 0.0487. The summed E-state index contributed by atoms with van der Waals surface area (Å²) in [5.74, 6) is 1.24. The van der Waals surface area contributed by atoms with E-state index >= 15 is 0 Å². The maximum atomic E-state index is 12.4. The number of carbonyl (C=O) groups excluding carboxylic acids is 1. The zero-order valence-electron chi connectivity index (χ0n) is 22.7. The van der Waals surface area contributed by atoms with E-state index in [2.05, 4.69) is 39.4 Å². The lowest BCUT2D eigenvalue weighted by Gasteiger charge is -2.47. The second-order valence-electron chi connectivity index (χ2n) is 11.2. The van der Waals surface area contributed by atoms with Gasteiger partial charge in [-0.25, -0.2) is 5.06 Å². The fourth-order valence-electron chi connectivity index (χ4n) is 6.82. The van der Waals surface area contributed by atoms with Gasteiger partial charge in [0.05, 0.1) is 12.7 Å². The molecule has 2 saturated carbocycles. The summed E-state index contributed by atoms with van der Waals surface area (Å²) in [7, 11) is 5.15. The number of hydrogen-bond donors (Lipinski definition) is 0. The molecular formula is C29H42N4O3S. The van der Waals surface area contributed by atoms with Crippen molar-refractivity contribution in [1.82, 2.24) is 15.3 Å². The van der Waals surface area contributed by atoms with Gasteiger partial charge in [-0.3, -0.25) is 9.63 Å². The van der Waals surface area contributed by atoms with Gasteiger partial charge in [-0.1, -0.05) is 30.6 Å². The first-order valence-corrected chi connectivity index (χ1v) is 14.9. The van der Waals surface area contributed by atoms with Gasteiger partial charge >= 0.3 is 0 Å². The van der Waals surface area contributed by atoms with Gasteiger partial charge in [0.25, 0.3) is 0 Å². The highest BCUT2D eigenvalue weighted by Crippen LogP contribution is 2.43. The zero-order valence-corrected chi connectivity index (χ0v) is 23.5. The van der Waals surface area contributed by atoms with Gasteiger partial charge in [0.2, 0.25) is 5.91 Å². The molecule has 1 aliphatic heterocycles. The van der Waals surface area contributed by atoms with E-state index in [-0.39, 0.29) is 17.4 Å². The molecule has 0 radical (unpaired) electrons. The molecule has 37 heavy (non-hydrogen) atoms. The van der Waals surface area contributed by atoms with Gasteiger partial charge in [0.1, 0.15) is 10.0 Å². The molecule has 1 aromatic carbocycles. The molecule has 7 nitrogen and oxygen atoms in total. The molecule has 1 saturated heterocycles. The van der Waals surface area contributed by atoms with Crippen LogP contribution in [0.2, 0.25) is 0 Å². The molecule has 0 atom stereocenters. The topological polar surface area (TPSA) is 67.8 Å². The Morgan fingerprint density at radius 3 is 2.27 bits per heavy atom. The first kappa shape index (κ1) is 26.6.